The number of nitrogens with one attached hydrogen (secondary N) is 1. The van der Waals surface area contributed by atoms with Gasteiger partial charge in [-0.05, 0) is 44.0 Å². The molecular weight excluding hydrogens is 330 g/mol. The summed E-state index contributed by atoms with van der Waals surface area (Å²) in [6.45, 7) is 6.39. The summed E-state index contributed by atoms with van der Waals surface area (Å²) >= 11 is 0. The predicted molar refractivity (Wildman–Crippen MR) is 99.0 cm³/mol. The van der Waals surface area contributed by atoms with E-state index in [1.165, 1.54) is 5.56 Å². The maximum absolute atomic E-state index is 12.2. The topological polar surface area (TPSA) is 74.0 Å². The molecule has 1 N–H and O–H groups in total. The number of hydrogen-bond acceptors (Lipinski definition) is 4. The molecule has 7 heteroatoms. The lowest BCUT2D eigenvalue weighted by Gasteiger charge is -2.07. The summed E-state index contributed by atoms with van der Waals surface area (Å²) in [5, 5.41) is 11.3. The summed E-state index contributed by atoms with van der Waals surface area (Å²) in [6.07, 6.45) is 4.34. The highest BCUT2D eigenvalue weighted by atomic mass is 16.5. The molecule has 2 aromatic heterocycles. The molecule has 0 aliphatic heterocycles. The first-order valence-electron chi connectivity index (χ1n) is 8.58. The second-order valence-electron chi connectivity index (χ2n) is 6.17. The van der Waals surface area contributed by atoms with Crippen LogP contribution in [0.15, 0.2) is 42.7 Å². The molecule has 7 nitrogen and oxygen atoms in total. The molecular formula is C19H23N5O2. The van der Waals surface area contributed by atoms with Gasteiger partial charge in [-0.15, -0.1) is 0 Å². The van der Waals surface area contributed by atoms with Crippen LogP contribution in [0.25, 0.3) is 0 Å². The van der Waals surface area contributed by atoms with E-state index in [1.54, 1.807) is 21.8 Å². The standard InChI is InChI=1S/C19H23N5O2/c1-4-16-5-7-18(8-6-16)26-13-23-11-17(10-20-23)21-19(25)12-24-15(3)9-14(2)22-24/h5-11H,4,12-13H2,1-3H3,(H,21,25). The van der Waals surface area contributed by atoms with Gasteiger partial charge in [0.1, 0.15) is 12.3 Å². The molecule has 0 saturated heterocycles. The van der Waals surface area contributed by atoms with Crippen molar-refractivity contribution in [2.45, 2.75) is 40.5 Å². The minimum atomic E-state index is -0.146. The Balaban J connectivity index is 1.52. The Kier molecular flexibility index (Phi) is 5.36. The van der Waals surface area contributed by atoms with E-state index in [0.717, 1.165) is 23.6 Å². The van der Waals surface area contributed by atoms with Crippen LogP contribution in [0.3, 0.4) is 0 Å². The fourth-order valence-electron chi connectivity index (χ4n) is 2.63. The first kappa shape index (κ1) is 17.7. The van der Waals surface area contributed by atoms with Gasteiger partial charge in [0.05, 0.1) is 23.8 Å². The van der Waals surface area contributed by atoms with Crippen LogP contribution in [0.5, 0.6) is 5.75 Å². The van der Waals surface area contributed by atoms with Gasteiger partial charge >= 0.3 is 0 Å². The fourth-order valence-corrected chi connectivity index (χ4v) is 2.63. The third-order valence-electron chi connectivity index (χ3n) is 4.01. The Labute approximate surface area is 152 Å². The molecule has 0 aliphatic carbocycles. The van der Waals surface area contributed by atoms with Gasteiger partial charge in [-0.1, -0.05) is 19.1 Å². The number of ether oxygens (including phenoxy) is 1. The molecule has 0 saturated carbocycles. The number of carbonyl (C=O) groups excluding carboxylic acids is 1. The van der Waals surface area contributed by atoms with Crippen LogP contribution >= 0.6 is 0 Å². The average Bonchev–Trinajstić information content (AvgIpc) is 3.19. The van der Waals surface area contributed by atoms with Gasteiger partial charge in [0.2, 0.25) is 5.91 Å². The van der Waals surface area contributed by atoms with Crippen LogP contribution in [0.2, 0.25) is 0 Å². The van der Waals surface area contributed by atoms with Crippen molar-refractivity contribution >= 4 is 11.6 Å². The maximum Gasteiger partial charge on any atom is 0.246 e. The van der Waals surface area contributed by atoms with Crippen molar-refractivity contribution < 1.29 is 9.53 Å². The lowest BCUT2D eigenvalue weighted by molar-refractivity contribution is -0.116. The molecule has 0 spiro atoms. The van der Waals surface area contributed by atoms with Crippen molar-refractivity contribution in [1.29, 1.82) is 0 Å². The van der Waals surface area contributed by atoms with Crippen molar-refractivity contribution in [3.8, 4) is 5.75 Å². The normalized spacial score (nSPS) is 10.7. The van der Waals surface area contributed by atoms with E-state index in [0.29, 0.717) is 5.69 Å². The van der Waals surface area contributed by atoms with E-state index in [1.807, 2.05) is 44.2 Å². The zero-order valence-electron chi connectivity index (χ0n) is 15.3. The molecule has 3 aromatic rings. The van der Waals surface area contributed by atoms with Crippen LogP contribution in [0.1, 0.15) is 23.9 Å². The van der Waals surface area contributed by atoms with Crippen molar-refractivity contribution in [1.82, 2.24) is 19.6 Å². The molecule has 136 valence electrons. The van der Waals surface area contributed by atoms with E-state index in [9.17, 15) is 4.79 Å². The first-order chi connectivity index (χ1) is 12.5. The molecule has 0 aliphatic rings. The number of hydrogen-bond donors (Lipinski definition) is 1. The summed E-state index contributed by atoms with van der Waals surface area (Å²) in [7, 11) is 0. The highest BCUT2D eigenvalue weighted by Gasteiger charge is 2.09. The van der Waals surface area contributed by atoms with Crippen molar-refractivity contribution in [3.63, 3.8) is 0 Å². The third kappa shape index (κ3) is 4.50. The van der Waals surface area contributed by atoms with Crippen LogP contribution in [0.4, 0.5) is 5.69 Å². The molecule has 0 unspecified atom stereocenters. The van der Waals surface area contributed by atoms with Crippen LogP contribution in [-0.2, 0) is 24.5 Å². The lowest BCUT2D eigenvalue weighted by Crippen LogP contribution is -2.20. The van der Waals surface area contributed by atoms with E-state index in [2.05, 4.69) is 22.4 Å². The Morgan fingerprint density at radius 1 is 1.23 bits per heavy atom. The fraction of sp³-hybridized carbons (Fsp3) is 0.316. The molecule has 0 radical (unpaired) electrons. The summed E-state index contributed by atoms with van der Waals surface area (Å²) in [5.41, 5.74) is 3.74. The Hall–Kier alpha value is -3.09. The average molecular weight is 353 g/mol. The minimum Gasteiger partial charge on any atom is -0.471 e. The second-order valence-corrected chi connectivity index (χ2v) is 6.17. The molecule has 0 bridgehead atoms. The smallest absolute Gasteiger partial charge is 0.246 e. The maximum atomic E-state index is 12.2. The van der Waals surface area contributed by atoms with Gasteiger partial charge in [-0.25, -0.2) is 4.68 Å². The quantitative estimate of drug-likeness (QED) is 0.709. The number of nitrogens with zero attached hydrogens (tertiary/aromatic N) is 4. The number of amides is 1. The Morgan fingerprint density at radius 2 is 2.00 bits per heavy atom. The summed E-state index contributed by atoms with van der Waals surface area (Å²) in [4.78, 5) is 12.2. The molecule has 26 heavy (non-hydrogen) atoms. The van der Waals surface area contributed by atoms with E-state index < -0.39 is 0 Å². The molecule has 0 atom stereocenters. The highest BCUT2D eigenvalue weighted by molar-refractivity contribution is 5.90. The van der Waals surface area contributed by atoms with Gasteiger partial charge in [0, 0.05) is 5.69 Å². The molecule has 1 amide bonds. The van der Waals surface area contributed by atoms with Crippen LogP contribution in [0, 0.1) is 13.8 Å². The molecule has 0 fully saturated rings. The third-order valence-corrected chi connectivity index (χ3v) is 4.01. The van der Waals surface area contributed by atoms with E-state index in [-0.39, 0.29) is 19.2 Å². The highest BCUT2D eigenvalue weighted by Crippen LogP contribution is 2.13. The SMILES string of the molecule is CCc1ccc(OCn2cc(NC(=O)Cn3nc(C)cc3C)cn2)cc1. The number of aromatic nitrogens is 4. The summed E-state index contributed by atoms with van der Waals surface area (Å²) in [5.74, 6) is 0.639. The van der Waals surface area contributed by atoms with Gasteiger partial charge in [-0.2, -0.15) is 10.2 Å². The predicted octanol–water partition coefficient (Wildman–Crippen LogP) is 2.93. The minimum absolute atomic E-state index is 0.146. The Bertz CT molecular complexity index is 880. The van der Waals surface area contributed by atoms with E-state index in [4.69, 9.17) is 4.74 Å². The van der Waals surface area contributed by atoms with Gasteiger partial charge in [0.25, 0.3) is 0 Å². The van der Waals surface area contributed by atoms with Gasteiger partial charge in [0.15, 0.2) is 6.73 Å². The van der Waals surface area contributed by atoms with Crippen molar-refractivity contribution in [2.75, 3.05) is 5.32 Å². The first-order valence-corrected chi connectivity index (χ1v) is 8.58. The van der Waals surface area contributed by atoms with E-state index >= 15 is 0 Å². The summed E-state index contributed by atoms with van der Waals surface area (Å²) in [6, 6.07) is 9.92. The lowest BCUT2D eigenvalue weighted by atomic mass is 10.2. The van der Waals surface area contributed by atoms with Crippen LogP contribution in [-0.4, -0.2) is 25.5 Å². The van der Waals surface area contributed by atoms with Gasteiger partial charge < -0.3 is 10.1 Å². The zero-order valence-corrected chi connectivity index (χ0v) is 15.3. The molecule has 2 heterocycles. The number of aryl methyl sites for hydroxylation is 3. The monoisotopic (exact) mass is 353 g/mol. The largest absolute Gasteiger partial charge is 0.471 e. The van der Waals surface area contributed by atoms with Gasteiger partial charge in [-0.3, -0.25) is 9.48 Å². The molecule has 1 aromatic carbocycles. The summed E-state index contributed by atoms with van der Waals surface area (Å²) < 4.78 is 9.01. The number of benzene rings is 1. The van der Waals surface area contributed by atoms with Crippen molar-refractivity contribution in [2.24, 2.45) is 0 Å². The Morgan fingerprint density at radius 3 is 2.65 bits per heavy atom. The second kappa shape index (κ2) is 7.86. The van der Waals surface area contributed by atoms with Crippen LogP contribution < -0.4 is 10.1 Å². The molecule has 3 rings (SSSR count). The zero-order chi connectivity index (χ0) is 18.5. The van der Waals surface area contributed by atoms with Crippen molar-refractivity contribution in [3.05, 3.63) is 59.7 Å². The number of anilines is 1. The number of rotatable bonds is 7. The number of carbonyl (C=O) groups is 1.